The van der Waals surface area contributed by atoms with Gasteiger partial charge in [-0.15, -0.1) is 0 Å². The van der Waals surface area contributed by atoms with Gasteiger partial charge in [-0.1, -0.05) is 0 Å². The van der Waals surface area contributed by atoms with Crippen LogP contribution in [0.5, 0.6) is 0 Å². The van der Waals surface area contributed by atoms with Crippen molar-refractivity contribution in [1.29, 1.82) is 0 Å². The fourth-order valence-corrected chi connectivity index (χ4v) is 2.74. The first-order chi connectivity index (χ1) is 8.63. The molecule has 102 valence electrons. The number of likely N-dealkylation sites (N-methyl/N-ethyl adjacent to an activating group) is 2. The van der Waals surface area contributed by atoms with Crippen LogP contribution in [0.1, 0.15) is 25.5 Å². The van der Waals surface area contributed by atoms with Gasteiger partial charge < -0.3 is 10.6 Å². The van der Waals surface area contributed by atoms with Crippen molar-refractivity contribution in [3.05, 3.63) is 22.4 Å². The lowest BCUT2D eigenvalue weighted by Gasteiger charge is -2.28. The molecule has 1 aromatic rings. The van der Waals surface area contributed by atoms with E-state index in [9.17, 15) is 4.79 Å². The summed E-state index contributed by atoms with van der Waals surface area (Å²) < 4.78 is 0. The van der Waals surface area contributed by atoms with Crippen molar-refractivity contribution in [3.63, 3.8) is 0 Å². The van der Waals surface area contributed by atoms with Gasteiger partial charge in [-0.2, -0.15) is 11.3 Å². The van der Waals surface area contributed by atoms with E-state index in [1.807, 2.05) is 36.1 Å². The zero-order valence-corrected chi connectivity index (χ0v) is 12.2. The standard InChI is InChI=1S/C13H23N3OS/c1-4-16(5-2)13(17)9-15(3)12(8-14)11-6-7-18-10-11/h6-7,10,12H,4-5,8-9,14H2,1-3H3. The lowest BCUT2D eigenvalue weighted by Crippen LogP contribution is -2.41. The first kappa shape index (κ1) is 15.1. The zero-order valence-electron chi connectivity index (χ0n) is 11.4. The largest absolute Gasteiger partial charge is 0.342 e. The highest BCUT2D eigenvalue weighted by Crippen LogP contribution is 2.20. The molecule has 18 heavy (non-hydrogen) atoms. The summed E-state index contributed by atoms with van der Waals surface area (Å²) >= 11 is 1.66. The van der Waals surface area contributed by atoms with Crippen molar-refractivity contribution in [2.45, 2.75) is 19.9 Å². The van der Waals surface area contributed by atoms with Crippen molar-refractivity contribution >= 4 is 17.2 Å². The molecule has 5 heteroatoms. The van der Waals surface area contributed by atoms with E-state index in [1.54, 1.807) is 11.3 Å². The molecule has 1 atom stereocenters. The molecule has 1 aromatic heterocycles. The molecule has 0 aliphatic heterocycles. The highest BCUT2D eigenvalue weighted by molar-refractivity contribution is 7.07. The summed E-state index contributed by atoms with van der Waals surface area (Å²) in [4.78, 5) is 15.9. The van der Waals surface area contributed by atoms with E-state index in [-0.39, 0.29) is 11.9 Å². The number of thiophene rings is 1. The first-order valence-electron chi connectivity index (χ1n) is 6.34. The van der Waals surface area contributed by atoms with Gasteiger partial charge >= 0.3 is 0 Å². The molecule has 4 nitrogen and oxygen atoms in total. The number of carbonyl (C=O) groups excluding carboxylic acids is 1. The Morgan fingerprint density at radius 1 is 1.44 bits per heavy atom. The lowest BCUT2D eigenvalue weighted by atomic mass is 10.1. The molecule has 1 unspecified atom stereocenters. The van der Waals surface area contributed by atoms with E-state index in [0.717, 1.165) is 13.1 Å². The molecule has 1 heterocycles. The summed E-state index contributed by atoms with van der Waals surface area (Å²) in [6, 6.07) is 2.19. The van der Waals surface area contributed by atoms with E-state index in [4.69, 9.17) is 5.73 Å². The Hall–Kier alpha value is -0.910. The van der Waals surface area contributed by atoms with Crippen LogP contribution in [0, 0.1) is 0 Å². The van der Waals surface area contributed by atoms with Crippen molar-refractivity contribution in [2.75, 3.05) is 33.2 Å². The first-order valence-corrected chi connectivity index (χ1v) is 7.28. The minimum absolute atomic E-state index is 0.121. The van der Waals surface area contributed by atoms with Crippen molar-refractivity contribution < 1.29 is 4.79 Å². The third kappa shape index (κ3) is 3.80. The summed E-state index contributed by atoms with van der Waals surface area (Å²) in [5.74, 6) is 0.163. The molecule has 1 rings (SSSR count). The predicted octanol–water partition coefficient (Wildman–Crippen LogP) is 1.55. The third-order valence-corrected chi connectivity index (χ3v) is 3.89. The van der Waals surface area contributed by atoms with E-state index in [2.05, 4.69) is 11.4 Å². The Balaban J connectivity index is 2.63. The Kier molecular flexibility index (Phi) is 6.32. The van der Waals surface area contributed by atoms with Crippen LogP contribution in [0.15, 0.2) is 16.8 Å². The maximum Gasteiger partial charge on any atom is 0.236 e. The van der Waals surface area contributed by atoms with Gasteiger partial charge in [0.25, 0.3) is 0 Å². The SMILES string of the molecule is CCN(CC)C(=O)CN(C)C(CN)c1ccsc1. The molecular formula is C13H23N3OS. The fraction of sp³-hybridized carbons (Fsp3) is 0.615. The monoisotopic (exact) mass is 269 g/mol. The summed E-state index contributed by atoms with van der Waals surface area (Å²) in [6.45, 7) is 6.46. The molecule has 2 N–H and O–H groups in total. The average molecular weight is 269 g/mol. The highest BCUT2D eigenvalue weighted by Gasteiger charge is 2.20. The second kappa shape index (κ2) is 7.51. The van der Waals surface area contributed by atoms with Crippen LogP contribution in [0.2, 0.25) is 0 Å². The lowest BCUT2D eigenvalue weighted by molar-refractivity contribution is -0.132. The van der Waals surface area contributed by atoms with Gasteiger partial charge in [0.2, 0.25) is 5.91 Å². The quantitative estimate of drug-likeness (QED) is 0.817. The number of rotatable bonds is 7. The molecule has 0 spiro atoms. The minimum atomic E-state index is 0.121. The Bertz CT molecular complexity index is 349. The average Bonchev–Trinajstić information content (AvgIpc) is 2.85. The summed E-state index contributed by atoms with van der Waals surface area (Å²) in [5.41, 5.74) is 7.01. The second-order valence-electron chi connectivity index (χ2n) is 4.29. The molecule has 0 aliphatic carbocycles. The molecule has 0 aliphatic rings. The summed E-state index contributed by atoms with van der Waals surface area (Å²) in [6.07, 6.45) is 0. The Morgan fingerprint density at radius 3 is 2.56 bits per heavy atom. The smallest absolute Gasteiger partial charge is 0.236 e. The number of nitrogens with zero attached hydrogens (tertiary/aromatic N) is 2. The molecule has 0 fully saturated rings. The number of hydrogen-bond acceptors (Lipinski definition) is 4. The van der Waals surface area contributed by atoms with Gasteiger partial charge in [-0.25, -0.2) is 0 Å². The summed E-state index contributed by atoms with van der Waals surface area (Å²) in [5, 5.41) is 4.13. The van der Waals surface area contributed by atoms with Gasteiger partial charge in [0.05, 0.1) is 6.54 Å². The number of hydrogen-bond donors (Lipinski definition) is 1. The van der Waals surface area contributed by atoms with E-state index in [1.165, 1.54) is 5.56 Å². The number of amides is 1. The van der Waals surface area contributed by atoms with Crippen LogP contribution in [0.3, 0.4) is 0 Å². The molecule has 0 saturated carbocycles. The van der Waals surface area contributed by atoms with Gasteiger partial charge in [-0.05, 0) is 43.3 Å². The highest BCUT2D eigenvalue weighted by atomic mass is 32.1. The van der Waals surface area contributed by atoms with Crippen LogP contribution in [0.4, 0.5) is 0 Å². The van der Waals surface area contributed by atoms with Gasteiger partial charge in [-0.3, -0.25) is 9.69 Å². The van der Waals surface area contributed by atoms with Crippen molar-refractivity contribution in [2.24, 2.45) is 5.73 Å². The van der Waals surface area contributed by atoms with Crippen LogP contribution in [-0.2, 0) is 4.79 Å². The third-order valence-electron chi connectivity index (χ3n) is 3.18. The van der Waals surface area contributed by atoms with E-state index >= 15 is 0 Å². The molecule has 0 radical (unpaired) electrons. The normalized spacial score (nSPS) is 12.7. The minimum Gasteiger partial charge on any atom is -0.342 e. The van der Waals surface area contributed by atoms with Crippen LogP contribution in [-0.4, -0.2) is 48.9 Å². The predicted molar refractivity (Wildman–Crippen MR) is 76.7 cm³/mol. The fourth-order valence-electron chi connectivity index (χ4n) is 2.03. The summed E-state index contributed by atoms with van der Waals surface area (Å²) in [7, 11) is 1.95. The van der Waals surface area contributed by atoms with Crippen molar-refractivity contribution in [3.8, 4) is 0 Å². The number of nitrogens with two attached hydrogens (primary N) is 1. The van der Waals surface area contributed by atoms with Crippen molar-refractivity contribution in [1.82, 2.24) is 9.80 Å². The Morgan fingerprint density at radius 2 is 2.11 bits per heavy atom. The topological polar surface area (TPSA) is 49.6 Å². The molecule has 1 amide bonds. The van der Waals surface area contributed by atoms with Gasteiger partial charge in [0, 0.05) is 25.7 Å². The van der Waals surface area contributed by atoms with E-state index in [0.29, 0.717) is 13.1 Å². The maximum atomic E-state index is 12.1. The van der Waals surface area contributed by atoms with Crippen LogP contribution >= 0.6 is 11.3 Å². The molecule has 0 bridgehead atoms. The number of carbonyl (C=O) groups is 1. The Labute approximate surface area is 113 Å². The van der Waals surface area contributed by atoms with Gasteiger partial charge in [0.1, 0.15) is 0 Å². The second-order valence-corrected chi connectivity index (χ2v) is 5.07. The van der Waals surface area contributed by atoms with E-state index < -0.39 is 0 Å². The molecular weight excluding hydrogens is 246 g/mol. The maximum absolute atomic E-state index is 12.1. The molecule has 0 saturated heterocycles. The van der Waals surface area contributed by atoms with Crippen LogP contribution in [0.25, 0.3) is 0 Å². The van der Waals surface area contributed by atoms with Gasteiger partial charge in [0.15, 0.2) is 0 Å². The van der Waals surface area contributed by atoms with Crippen LogP contribution < -0.4 is 5.73 Å². The zero-order chi connectivity index (χ0) is 13.5. The molecule has 0 aromatic carbocycles.